The van der Waals surface area contributed by atoms with Gasteiger partial charge >= 0.3 is 0 Å². The largest absolute Gasteiger partial charge is 0.277 e. The molecule has 0 aliphatic heterocycles. The number of hydrogen-bond acceptors (Lipinski definition) is 4. The first kappa shape index (κ1) is 14.4. The van der Waals surface area contributed by atoms with E-state index in [1.165, 1.54) is 50.1 Å². The molecule has 4 heteroatoms. The summed E-state index contributed by atoms with van der Waals surface area (Å²) in [5.41, 5.74) is 2.41. The maximum atomic E-state index is 4.93. The van der Waals surface area contributed by atoms with E-state index in [-0.39, 0.29) is 0 Å². The highest BCUT2D eigenvalue weighted by Crippen LogP contribution is 2.33. The first-order valence-corrected chi connectivity index (χ1v) is 7.58. The number of benzene rings is 1. The Morgan fingerprint density at radius 2 is 1.68 bits per heavy atom. The topological polar surface area (TPSA) is 44.2 Å². The van der Waals surface area contributed by atoms with Crippen molar-refractivity contribution < 1.29 is 9.78 Å². The highest BCUT2D eigenvalue weighted by molar-refractivity contribution is 5.55. The normalized spacial score (nSPS) is 15.0. The Hall–Kier alpha value is -2.54. The van der Waals surface area contributed by atoms with Crippen LogP contribution in [0.2, 0.25) is 0 Å². The Bertz CT molecular complexity index is 638. The average molecular weight is 294 g/mol. The molecule has 1 aliphatic carbocycles. The average Bonchev–Trinajstić information content (AvgIpc) is 2.61. The van der Waals surface area contributed by atoms with Crippen molar-refractivity contribution in [3.05, 3.63) is 42.2 Å². The molecule has 0 bridgehead atoms. The lowest BCUT2D eigenvalue weighted by Crippen LogP contribution is -2.04. The molecular formula is C18H18N2O2. The maximum absolute atomic E-state index is 4.93. The molecule has 2 aromatic rings. The lowest BCUT2D eigenvalue weighted by molar-refractivity contribution is -0.134. The van der Waals surface area contributed by atoms with Crippen LogP contribution in [0.1, 0.15) is 43.6 Å². The molecule has 1 aromatic carbocycles. The fourth-order valence-corrected chi connectivity index (χ4v) is 2.92. The number of aromatic nitrogens is 2. The molecule has 4 nitrogen and oxygen atoms in total. The molecule has 22 heavy (non-hydrogen) atoms. The van der Waals surface area contributed by atoms with Crippen LogP contribution in [-0.4, -0.2) is 9.97 Å². The quantitative estimate of drug-likeness (QED) is 0.484. The van der Waals surface area contributed by atoms with Crippen molar-refractivity contribution in [1.29, 1.82) is 0 Å². The molecule has 0 saturated heterocycles. The van der Waals surface area contributed by atoms with Crippen LogP contribution >= 0.6 is 0 Å². The van der Waals surface area contributed by atoms with Gasteiger partial charge in [-0.2, -0.15) is 0 Å². The summed E-state index contributed by atoms with van der Waals surface area (Å²) in [6.07, 6.45) is 16.6. The molecule has 1 saturated carbocycles. The second kappa shape index (κ2) is 6.95. The molecular weight excluding hydrogens is 276 g/mol. The van der Waals surface area contributed by atoms with Crippen LogP contribution in [0.3, 0.4) is 0 Å². The van der Waals surface area contributed by atoms with Crippen molar-refractivity contribution in [3.63, 3.8) is 0 Å². The minimum atomic E-state index is 0.375. The molecule has 0 unspecified atom stereocenters. The molecule has 1 aliphatic rings. The lowest BCUT2D eigenvalue weighted by Gasteiger charge is -2.22. The molecule has 0 N–H and O–H groups in total. The number of rotatable bonds is 4. The Labute approximate surface area is 130 Å². The first-order valence-electron chi connectivity index (χ1n) is 7.58. The van der Waals surface area contributed by atoms with Crippen molar-refractivity contribution in [2.75, 3.05) is 0 Å². The van der Waals surface area contributed by atoms with Crippen LogP contribution in [0.5, 0.6) is 5.75 Å². The number of nitrogens with zero attached hydrogens (tertiary/aromatic N) is 2. The molecule has 112 valence electrons. The summed E-state index contributed by atoms with van der Waals surface area (Å²) in [6.45, 7) is 0. The van der Waals surface area contributed by atoms with E-state index in [2.05, 4.69) is 39.1 Å². The predicted octanol–water partition coefficient (Wildman–Crippen LogP) is 4.09. The summed E-state index contributed by atoms with van der Waals surface area (Å²) < 4.78 is 0. The molecule has 0 radical (unpaired) electrons. The molecule has 0 atom stereocenters. The molecule has 1 fully saturated rings. The van der Waals surface area contributed by atoms with E-state index in [0.29, 0.717) is 17.5 Å². The van der Waals surface area contributed by atoms with Crippen LogP contribution in [0, 0.1) is 12.5 Å². The Morgan fingerprint density at radius 3 is 2.32 bits per heavy atom. The van der Waals surface area contributed by atoms with Gasteiger partial charge in [0.25, 0.3) is 0 Å². The molecule has 1 aromatic heterocycles. The van der Waals surface area contributed by atoms with Gasteiger partial charge in [-0.1, -0.05) is 50.0 Å². The van der Waals surface area contributed by atoms with E-state index in [1.807, 2.05) is 6.11 Å². The minimum absolute atomic E-state index is 0.375. The van der Waals surface area contributed by atoms with Gasteiger partial charge in [0, 0.05) is 5.56 Å². The summed E-state index contributed by atoms with van der Waals surface area (Å²) in [7, 11) is 0. The van der Waals surface area contributed by atoms with Gasteiger partial charge in [-0.05, 0) is 24.3 Å². The maximum Gasteiger partial charge on any atom is 0.216 e. The number of hydrogen-bond donors (Lipinski definition) is 0. The SMILES string of the molecule is C#COOc1cnc(-c2ccc(C3CCCCC3)cc2)nc1. The van der Waals surface area contributed by atoms with Gasteiger partial charge in [0.2, 0.25) is 5.75 Å². The molecule has 3 rings (SSSR count). The highest BCUT2D eigenvalue weighted by Gasteiger charge is 2.15. The van der Waals surface area contributed by atoms with Crippen molar-refractivity contribution in [3.8, 4) is 29.7 Å². The summed E-state index contributed by atoms with van der Waals surface area (Å²) in [5, 5.41) is 0. The van der Waals surface area contributed by atoms with Gasteiger partial charge in [0.15, 0.2) is 11.9 Å². The Morgan fingerprint density at radius 1 is 1.00 bits per heavy atom. The van der Waals surface area contributed by atoms with Crippen LogP contribution in [0.25, 0.3) is 11.4 Å². The highest BCUT2D eigenvalue weighted by atomic mass is 17.2. The zero-order valence-electron chi connectivity index (χ0n) is 12.4. The summed E-state index contributed by atoms with van der Waals surface area (Å²) in [5.74, 6) is 1.74. The van der Waals surface area contributed by atoms with Crippen molar-refractivity contribution in [2.45, 2.75) is 38.0 Å². The van der Waals surface area contributed by atoms with Crippen molar-refractivity contribution >= 4 is 0 Å². The fourth-order valence-electron chi connectivity index (χ4n) is 2.92. The summed E-state index contributed by atoms with van der Waals surface area (Å²) in [6, 6.07) is 8.55. The molecule has 0 amide bonds. The zero-order valence-corrected chi connectivity index (χ0v) is 12.4. The standard InChI is InChI=1S/C18H18N2O2/c1-2-21-22-17-12-19-18(20-13-17)16-10-8-15(9-11-16)14-6-4-3-5-7-14/h1,8-14H,3-7H2. The lowest BCUT2D eigenvalue weighted by atomic mass is 9.84. The molecule has 0 spiro atoms. The second-order valence-corrected chi connectivity index (χ2v) is 5.48. The smallest absolute Gasteiger partial charge is 0.216 e. The summed E-state index contributed by atoms with van der Waals surface area (Å²) in [4.78, 5) is 17.7. The van der Waals surface area contributed by atoms with Gasteiger partial charge in [-0.3, -0.25) is 4.89 Å². The van der Waals surface area contributed by atoms with E-state index >= 15 is 0 Å². The van der Waals surface area contributed by atoms with Crippen molar-refractivity contribution in [1.82, 2.24) is 9.97 Å². The van der Waals surface area contributed by atoms with Crippen LogP contribution in [-0.2, 0) is 4.89 Å². The fraction of sp³-hybridized carbons (Fsp3) is 0.333. The van der Waals surface area contributed by atoms with Gasteiger partial charge in [-0.25, -0.2) is 14.9 Å². The zero-order chi connectivity index (χ0) is 15.2. The van der Waals surface area contributed by atoms with Crippen LogP contribution in [0.15, 0.2) is 36.7 Å². The molecule has 1 heterocycles. The van der Waals surface area contributed by atoms with Gasteiger partial charge in [0.1, 0.15) is 0 Å². The third-order valence-electron chi connectivity index (χ3n) is 4.06. The van der Waals surface area contributed by atoms with E-state index < -0.39 is 0 Å². The number of terminal acetylenes is 1. The van der Waals surface area contributed by atoms with Gasteiger partial charge in [-0.15, -0.1) is 0 Å². The second-order valence-electron chi connectivity index (χ2n) is 5.48. The van der Waals surface area contributed by atoms with Crippen LogP contribution in [0.4, 0.5) is 0 Å². The van der Waals surface area contributed by atoms with Crippen LogP contribution < -0.4 is 4.89 Å². The van der Waals surface area contributed by atoms with E-state index in [0.717, 1.165) is 5.56 Å². The van der Waals surface area contributed by atoms with E-state index in [4.69, 9.17) is 11.3 Å². The Balaban J connectivity index is 1.70. The van der Waals surface area contributed by atoms with Gasteiger partial charge in [0.05, 0.1) is 12.4 Å². The predicted molar refractivity (Wildman–Crippen MR) is 83.8 cm³/mol. The van der Waals surface area contributed by atoms with E-state index in [9.17, 15) is 0 Å². The third kappa shape index (κ3) is 3.37. The van der Waals surface area contributed by atoms with Crippen molar-refractivity contribution in [2.24, 2.45) is 0 Å². The third-order valence-corrected chi connectivity index (χ3v) is 4.06. The van der Waals surface area contributed by atoms with E-state index in [1.54, 1.807) is 0 Å². The summed E-state index contributed by atoms with van der Waals surface area (Å²) >= 11 is 0. The monoisotopic (exact) mass is 294 g/mol. The first-order chi connectivity index (χ1) is 10.9. The Kier molecular flexibility index (Phi) is 4.55. The minimum Gasteiger partial charge on any atom is -0.277 e. The van der Waals surface area contributed by atoms with Gasteiger partial charge < -0.3 is 0 Å².